The van der Waals surface area contributed by atoms with Gasteiger partial charge in [-0.25, -0.2) is 23.5 Å². The minimum atomic E-state index is -4.36. The van der Waals surface area contributed by atoms with Crippen LogP contribution in [0, 0.1) is 0 Å². The molecule has 2 aromatic rings. The highest BCUT2D eigenvalue weighted by atomic mass is 19.3. The number of alkyl halides is 4. The Morgan fingerprint density at radius 3 is 2.38 bits per heavy atom. The van der Waals surface area contributed by atoms with Gasteiger partial charge in [-0.15, -0.1) is 0 Å². The molecule has 2 rings (SSSR count). The van der Waals surface area contributed by atoms with Crippen LogP contribution in [0.2, 0.25) is 0 Å². The van der Waals surface area contributed by atoms with Gasteiger partial charge in [0.25, 0.3) is 0 Å². The Hall–Kier alpha value is -2.77. The zero-order valence-corrected chi connectivity index (χ0v) is 16.0. The second-order valence-electron chi connectivity index (χ2n) is 6.50. The first-order chi connectivity index (χ1) is 13.8. The number of carbonyl (C=O) groups is 1. The largest absolute Gasteiger partial charge is 0.456 e. The summed E-state index contributed by atoms with van der Waals surface area (Å²) in [6, 6.07) is 6.88. The number of nitrogens with zero attached hydrogens (tertiary/aromatic N) is 2. The SMILES string of the molecule is CCCCCc1cnc(-c2ccc(/C=C/C(=O)OCC(F)(F)C(F)F)cc2)nc1. The van der Waals surface area contributed by atoms with Crippen LogP contribution in [0.5, 0.6) is 0 Å². The predicted octanol–water partition coefficient (Wildman–Crippen LogP) is 5.33. The lowest BCUT2D eigenvalue weighted by Crippen LogP contribution is -2.33. The molecule has 0 N–H and O–H groups in total. The van der Waals surface area contributed by atoms with Crippen molar-refractivity contribution in [2.75, 3.05) is 6.61 Å². The van der Waals surface area contributed by atoms with Gasteiger partial charge in [-0.05, 0) is 30.0 Å². The van der Waals surface area contributed by atoms with Crippen LogP contribution < -0.4 is 0 Å². The Morgan fingerprint density at radius 2 is 1.79 bits per heavy atom. The topological polar surface area (TPSA) is 52.1 Å². The van der Waals surface area contributed by atoms with Gasteiger partial charge in [0.15, 0.2) is 12.4 Å². The maximum atomic E-state index is 12.7. The van der Waals surface area contributed by atoms with Gasteiger partial charge >= 0.3 is 18.3 Å². The van der Waals surface area contributed by atoms with Crippen molar-refractivity contribution in [3.8, 4) is 11.4 Å². The van der Waals surface area contributed by atoms with Crippen LogP contribution in [0.3, 0.4) is 0 Å². The maximum Gasteiger partial charge on any atom is 0.340 e. The quantitative estimate of drug-likeness (QED) is 0.230. The summed E-state index contributed by atoms with van der Waals surface area (Å²) in [6.07, 6.45) is 6.31. The van der Waals surface area contributed by atoms with Gasteiger partial charge in [0, 0.05) is 24.0 Å². The third kappa shape index (κ3) is 7.29. The second-order valence-corrected chi connectivity index (χ2v) is 6.50. The number of aryl methyl sites for hydroxylation is 1. The van der Waals surface area contributed by atoms with E-state index in [9.17, 15) is 22.4 Å². The molecule has 0 amide bonds. The number of esters is 1. The van der Waals surface area contributed by atoms with Gasteiger partial charge in [-0.2, -0.15) is 8.78 Å². The van der Waals surface area contributed by atoms with Gasteiger partial charge in [-0.1, -0.05) is 44.0 Å². The lowest BCUT2D eigenvalue weighted by atomic mass is 10.1. The number of hydrogen-bond acceptors (Lipinski definition) is 4. The van der Waals surface area contributed by atoms with Crippen molar-refractivity contribution in [3.63, 3.8) is 0 Å². The number of hydrogen-bond donors (Lipinski definition) is 0. The molecule has 0 unspecified atom stereocenters. The first-order valence-electron chi connectivity index (χ1n) is 9.24. The number of aromatic nitrogens is 2. The monoisotopic (exact) mass is 410 g/mol. The van der Waals surface area contributed by atoms with E-state index in [0.717, 1.165) is 36.5 Å². The zero-order chi connectivity index (χ0) is 21.3. The van der Waals surface area contributed by atoms with E-state index < -0.39 is 24.9 Å². The molecule has 0 saturated carbocycles. The lowest BCUT2D eigenvalue weighted by Gasteiger charge is -2.14. The minimum Gasteiger partial charge on any atom is -0.456 e. The van der Waals surface area contributed by atoms with Crippen molar-refractivity contribution in [1.82, 2.24) is 9.97 Å². The average Bonchev–Trinajstić information content (AvgIpc) is 2.72. The Balaban J connectivity index is 1.91. The molecule has 1 aromatic heterocycles. The van der Waals surface area contributed by atoms with Crippen molar-refractivity contribution in [2.45, 2.75) is 45.0 Å². The van der Waals surface area contributed by atoms with Crippen LogP contribution in [-0.2, 0) is 16.0 Å². The molecule has 0 aliphatic heterocycles. The third-order valence-electron chi connectivity index (χ3n) is 4.08. The van der Waals surface area contributed by atoms with Gasteiger partial charge < -0.3 is 4.74 Å². The van der Waals surface area contributed by atoms with Crippen LogP contribution in [0.1, 0.15) is 37.3 Å². The molecule has 0 radical (unpaired) electrons. The zero-order valence-electron chi connectivity index (χ0n) is 16.0. The van der Waals surface area contributed by atoms with Crippen molar-refractivity contribution < 1.29 is 27.1 Å². The molecule has 0 atom stereocenters. The van der Waals surface area contributed by atoms with Gasteiger partial charge in [0.2, 0.25) is 0 Å². The van der Waals surface area contributed by atoms with E-state index in [2.05, 4.69) is 21.6 Å². The molecule has 0 aliphatic carbocycles. The van der Waals surface area contributed by atoms with E-state index >= 15 is 0 Å². The summed E-state index contributed by atoms with van der Waals surface area (Å²) in [5.41, 5.74) is 2.46. The van der Waals surface area contributed by atoms with Gasteiger partial charge in [-0.3, -0.25) is 0 Å². The maximum absolute atomic E-state index is 12.7. The summed E-state index contributed by atoms with van der Waals surface area (Å²) in [6.45, 7) is 0.478. The lowest BCUT2D eigenvalue weighted by molar-refractivity contribution is -0.175. The summed E-state index contributed by atoms with van der Waals surface area (Å²) in [4.78, 5) is 20.1. The smallest absolute Gasteiger partial charge is 0.340 e. The fraction of sp³-hybridized carbons (Fsp3) is 0.381. The van der Waals surface area contributed by atoms with Crippen LogP contribution in [-0.4, -0.2) is 34.9 Å². The molecule has 4 nitrogen and oxygen atoms in total. The van der Waals surface area contributed by atoms with E-state index in [-0.39, 0.29) is 0 Å². The van der Waals surface area contributed by atoms with E-state index in [4.69, 9.17) is 0 Å². The minimum absolute atomic E-state index is 0.563. The summed E-state index contributed by atoms with van der Waals surface area (Å²) >= 11 is 0. The molecule has 1 heterocycles. The van der Waals surface area contributed by atoms with Crippen molar-refractivity contribution >= 4 is 12.0 Å². The van der Waals surface area contributed by atoms with E-state index in [1.165, 1.54) is 12.5 Å². The fourth-order valence-corrected chi connectivity index (χ4v) is 2.40. The Morgan fingerprint density at radius 1 is 1.14 bits per heavy atom. The molecule has 0 fully saturated rings. The first-order valence-corrected chi connectivity index (χ1v) is 9.24. The van der Waals surface area contributed by atoms with Crippen LogP contribution in [0.15, 0.2) is 42.7 Å². The number of halogens is 4. The standard InChI is InChI=1S/C21H22F4N2O2/c1-2-3-4-5-16-12-26-19(27-13-16)17-9-6-15(7-10-17)8-11-18(28)29-14-21(24,25)20(22)23/h6-13,20H,2-5,14H2,1H3/b11-8+. The normalized spacial score (nSPS) is 11.9. The molecular formula is C21H22F4N2O2. The molecule has 0 saturated heterocycles. The second kappa shape index (κ2) is 10.7. The highest BCUT2D eigenvalue weighted by Gasteiger charge is 2.42. The first kappa shape index (κ1) is 22.5. The van der Waals surface area contributed by atoms with E-state index in [0.29, 0.717) is 11.4 Å². The van der Waals surface area contributed by atoms with Crippen LogP contribution >= 0.6 is 0 Å². The highest BCUT2D eigenvalue weighted by Crippen LogP contribution is 2.23. The van der Waals surface area contributed by atoms with E-state index in [1.807, 2.05) is 0 Å². The van der Waals surface area contributed by atoms with Gasteiger partial charge in [0.05, 0.1) is 0 Å². The van der Waals surface area contributed by atoms with Crippen molar-refractivity contribution in [1.29, 1.82) is 0 Å². The molecule has 0 spiro atoms. The summed E-state index contributed by atoms with van der Waals surface area (Å²) in [7, 11) is 0. The average molecular weight is 410 g/mol. The summed E-state index contributed by atoms with van der Waals surface area (Å²) in [5, 5.41) is 0. The fourth-order valence-electron chi connectivity index (χ4n) is 2.40. The third-order valence-corrected chi connectivity index (χ3v) is 4.08. The van der Waals surface area contributed by atoms with E-state index in [1.54, 1.807) is 36.7 Å². The number of carbonyl (C=O) groups excluding carboxylic acids is 1. The Kier molecular flexibility index (Phi) is 8.30. The molecule has 0 bridgehead atoms. The van der Waals surface area contributed by atoms with Crippen LogP contribution in [0.4, 0.5) is 17.6 Å². The van der Waals surface area contributed by atoms with Crippen LogP contribution in [0.25, 0.3) is 17.5 Å². The highest BCUT2D eigenvalue weighted by molar-refractivity contribution is 5.87. The van der Waals surface area contributed by atoms with Crippen molar-refractivity contribution in [3.05, 3.63) is 53.9 Å². The number of rotatable bonds is 10. The number of ether oxygens (including phenoxy) is 1. The predicted molar refractivity (Wildman–Crippen MR) is 102 cm³/mol. The Labute approximate surface area is 166 Å². The Bertz CT molecular complexity index is 806. The number of unbranched alkanes of at least 4 members (excludes halogenated alkanes) is 2. The molecule has 29 heavy (non-hydrogen) atoms. The molecule has 0 aliphatic rings. The molecule has 156 valence electrons. The molecule has 1 aromatic carbocycles. The molecule has 8 heteroatoms. The summed E-state index contributed by atoms with van der Waals surface area (Å²) in [5.74, 6) is -4.93. The number of benzene rings is 1. The van der Waals surface area contributed by atoms with Crippen molar-refractivity contribution in [2.24, 2.45) is 0 Å². The van der Waals surface area contributed by atoms with Gasteiger partial charge in [0.1, 0.15) is 0 Å². The molecular weight excluding hydrogens is 388 g/mol. The summed E-state index contributed by atoms with van der Waals surface area (Å²) < 4.78 is 53.6.